The average molecular weight is 373 g/mol. The predicted octanol–water partition coefficient (Wildman–Crippen LogP) is 1.21. The van der Waals surface area contributed by atoms with Crippen LogP contribution in [-0.4, -0.2) is 58.0 Å². The maximum absolute atomic E-state index is 13.1. The molecule has 3 rings (SSSR count). The highest BCUT2D eigenvalue weighted by molar-refractivity contribution is 5.88. The summed E-state index contributed by atoms with van der Waals surface area (Å²) < 4.78 is 13.1. The Labute approximate surface area is 157 Å². The number of hydrogen-bond acceptors (Lipinski definition) is 4. The number of carbonyl (C=O) groups is 2. The Hall–Kier alpha value is -2.74. The lowest BCUT2D eigenvalue weighted by atomic mass is 10.1. The van der Waals surface area contributed by atoms with Gasteiger partial charge in [-0.05, 0) is 30.7 Å². The zero-order valence-corrected chi connectivity index (χ0v) is 15.5. The van der Waals surface area contributed by atoms with Crippen LogP contribution in [0.15, 0.2) is 30.3 Å². The molecule has 0 spiro atoms. The Kier molecular flexibility index (Phi) is 5.85. The molecule has 0 aliphatic carbocycles. The molecule has 1 saturated heterocycles. The van der Waals surface area contributed by atoms with Gasteiger partial charge in [-0.3, -0.25) is 19.6 Å². The van der Waals surface area contributed by atoms with Crippen LogP contribution in [0.2, 0.25) is 0 Å². The van der Waals surface area contributed by atoms with Gasteiger partial charge < -0.3 is 10.2 Å². The van der Waals surface area contributed by atoms with Gasteiger partial charge in [-0.25, -0.2) is 4.39 Å². The standard InChI is InChI=1S/C19H24FN5O2/c1-13-9-16(23-22-13)12-24(2)18(26)10-17-19(27)21-7-8-25(17)11-14-3-5-15(20)6-4-14/h3-6,9,17H,7-8,10-12H2,1-2H3,(H,21,27)(H,22,23). The van der Waals surface area contributed by atoms with E-state index in [-0.39, 0.29) is 24.1 Å². The summed E-state index contributed by atoms with van der Waals surface area (Å²) in [5.74, 6) is -0.570. The van der Waals surface area contributed by atoms with Gasteiger partial charge in [-0.1, -0.05) is 12.1 Å². The van der Waals surface area contributed by atoms with Crippen LogP contribution in [0.3, 0.4) is 0 Å². The highest BCUT2D eigenvalue weighted by atomic mass is 19.1. The minimum absolute atomic E-state index is 0.0902. The topological polar surface area (TPSA) is 81.3 Å². The van der Waals surface area contributed by atoms with E-state index < -0.39 is 6.04 Å². The number of hydrogen-bond donors (Lipinski definition) is 2. The number of amides is 2. The van der Waals surface area contributed by atoms with Crippen molar-refractivity contribution in [2.75, 3.05) is 20.1 Å². The fraction of sp³-hybridized carbons (Fsp3) is 0.421. The average Bonchev–Trinajstić information content (AvgIpc) is 3.04. The van der Waals surface area contributed by atoms with E-state index >= 15 is 0 Å². The highest BCUT2D eigenvalue weighted by Crippen LogP contribution is 2.16. The number of nitrogens with zero attached hydrogens (tertiary/aromatic N) is 3. The van der Waals surface area contributed by atoms with Gasteiger partial charge in [0.15, 0.2) is 0 Å². The molecule has 0 saturated carbocycles. The number of piperazine rings is 1. The summed E-state index contributed by atoms with van der Waals surface area (Å²) in [6.45, 7) is 3.96. The van der Waals surface area contributed by atoms with Crippen molar-refractivity contribution < 1.29 is 14.0 Å². The molecule has 8 heteroatoms. The second-order valence-electron chi connectivity index (χ2n) is 6.90. The first-order valence-corrected chi connectivity index (χ1v) is 8.93. The van der Waals surface area contributed by atoms with Gasteiger partial charge in [-0.2, -0.15) is 5.10 Å². The van der Waals surface area contributed by atoms with Crippen molar-refractivity contribution in [3.05, 3.63) is 53.1 Å². The molecule has 1 atom stereocenters. The van der Waals surface area contributed by atoms with Crippen LogP contribution in [-0.2, 0) is 22.7 Å². The van der Waals surface area contributed by atoms with Crippen molar-refractivity contribution in [1.82, 2.24) is 25.3 Å². The van der Waals surface area contributed by atoms with E-state index in [1.807, 2.05) is 17.9 Å². The van der Waals surface area contributed by atoms with Gasteiger partial charge in [0.25, 0.3) is 0 Å². The van der Waals surface area contributed by atoms with Crippen molar-refractivity contribution in [2.45, 2.75) is 32.5 Å². The van der Waals surface area contributed by atoms with Gasteiger partial charge in [0.05, 0.1) is 24.7 Å². The Morgan fingerprint density at radius 1 is 1.37 bits per heavy atom. The van der Waals surface area contributed by atoms with Crippen molar-refractivity contribution in [1.29, 1.82) is 0 Å². The van der Waals surface area contributed by atoms with Gasteiger partial charge >= 0.3 is 0 Å². The van der Waals surface area contributed by atoms with Gasteiger partial charge in [0.1, 0.15) is 5.82 Å². The first-order chi connectivity index (χ1) is 12.9. The molecule has 0 radical (unpaired) electrons. The molecule has 1 aromatic carbocycles. The lowest BCUT2D eigenvalue weighted by molar-refractivity contribution is -0.138. The number of aromatic amines is 1. The van der Waals surface area contributed by atoms with Crippen LogP contribution >= 0.6 is 0 Å². The number of aromatic nitrogens is 2. The Morgan fingerprint density at radius 2 is 2.11 bits per heavy atom. The van der Waals surface area contributed by atoms with Gasteiger partial charge in [0.2, 0.25) is 11.8 Å². The summed E-state index contributed by atoms with van der Waals surface area (Å²) in [4.78, 5) is 28.6. The van der Waals surface area contributed by atoms with E-state index in [2.05, 4.69) is 15.5 Å². The van der Waals surface area contributed by atoms with Crippen molar-refractivity contribution >= 4 is 11.8 Å². The molecule has 1 unspecified atom stereocenters. The van der Waals surface area contributed by atoms with E-state index in [9.17, 15) is 14.0 Å². The maximum Gasteiger partial charge on any atom is 0.237 e. The van der Waals surface area contributed by atoms with Crippen molar-refractivity contribution in [3.8, 4) is 0 Å². The molecule has 0 bridgehead atoms. The number of H-pyrrole nitrogens is 1. The molecule has 2 aromatic rings. The predicted molar refractivity (Wildman–Crippen MR) is 98.0 cm³/mol. The molecule has 2 amide bonds. The van der Waals surface area contributed by atoms with Crippen LogP contribution in [0.5, 0.6) is 0 Å². The van der Waals surface area contributed by atoms with E-state index in [0.29, 0.717) is 26.2 Å². The second-order valence-corrected chi connectivity index (χ2v) is 6.90. The lowest BCUT2D eigenvalue weighted by Crippen LogP contribution is -2.56. The fourth-order valence-electron chi connectivity index (χ4n) is 3.21. The smallest absolute Gasteiger partial charge is 0.237 e. The van der Waals surface area contributed by atoms with Gasteiger partial charge in [0, 0.05) is 32.4 Å². The third-order valence-electron chi connectivity index (χ3n) is 4.69. The van der Waals surface area contributed by atoms with Crippen LogP contribution in [0.1, 0.15) is 23.4 Å². The Balaban J connectivity index is 1.64. The third-order valence-corrected chi connectivity index (χ3v) is 4.69. The molecule has 27 heavy (non-hydrogen) atoms. The van der Waals surface area contributed by atoms with E-state index in [4.69, 9.17) is 0 Å². The largest absolute Gasteiger partial charge is 0.353 e. The number of rotatable bonds is 6. The first-order valence-electron chi connectivity index (χ1n) is 8.93. The Morgan fingerprint density at radius 3 is 2.78 bits per heavy atom. The number of carbonyl (C=O) groups excluding carboxylic acids is 2. The third kappa shape index (κ3) is 4.91. The number of aryl methyl sites for hydroxylation is 1. The molecular weight excluding hydrogens is 349 g/mol. The number of nitrogens with one attached hydrogen (secondary N) is 2. The quantitative estimate of drug-likeness (QED) is 0.797. The minimum atomic E-state index is -0.542. The van der Waals surface area contributed by atoms with E-state index in [1.165, 1.54) is 12.1 Å². The molecule has 7 nitrogen and oxygen atoms in total. The Bertz CT molecular complexity index is 805. The minimum Gasteiger partial charge on any atom is -0.353 e. The summed E-state index contributed by atoms with van der Waals surface area (Å²) >= 11 is 0. The molecule has 1 fully saturated rings. The molecule has 2 N–H and O–H groups in total. The van der Waals surface area contributed by atoms with E-state index in [1.54, 1.807) is 24.1 Å². The monoisotopic (exact) mass is 373 g/mol. The molecule has 1 aliphatic rings. The molecule has 1 aliphatic heterocycles. The number of halogens is 1. The normalized spacial score (nSPS) is 17.6. The second kappa shape index (κ2) is 8.30. The first kappa shape index (κ1) is 19.0. The molecular formula is C19H24FN5O2. The van der Waals surface area contributed by atoms with Crippen molar-refractivity contribution in [2.24, 2.45) is 0 Å². The molecule has 1 aromatic heterocycles. The van der Waals surface area contributed by atoms with Gasteiger partial charge in [-0.15, -0.1) is 0 Å². The van der Waals surface area contributed by atoms with Crippen LogP contribution in [0.4, 0.5) is 4.39 Å². The summed E-state index contributed by atoms with van der Waals surface area (Å²) in [6, 6.07) is 7.55. The summed E-state index contributed by atoms with van der Waals surface area (Å²) in [5.41, 5.74) is 2.62. The zero-order valence-electron chi connectivity index (χ0n) is 15.5. The summed E-state index contributed by atoms with van der Waals surface area (Å²) in [7, 11) is 1.71. The summed E-state index contributed by atoms with van der Waals surface area (Å²) in [5, 5.41) is 9.82. The highest BCUT2D eigenvalue weighted by Gasteiger charge is 2.32. The maximum atomic E-state index is 13.1. The number of benzene rings is 1. The zero-order chi connectivity index (χ0) is 19.4. The van der Waals surface area contributed by atoms with E-state index in [0.717, 1.165) is 17.0 Å². The fourth-order valence-corrected chi connectivity index (χ4v) is 3.21. The van der Waals surface area contributed by atoms with Crippen LogP contribution < -0.4 is 5.32 Å². The van der Waals surface area contributed by atoms with Crippen LogP contribution in [0, 0.1) is 12.7 Å². The molecule has 2 heterocycles. The van der Waals surface area contributed by atoms with Crippen LogP contribution in [0.25, 0.3) is 0 Å². The lowest BCUT2D eigenvalue weighted by Gasteiger charge is -2.35. The molecule has 144 valence electrons. The summed E-state index contributed by atoms with van der Waals surface area (Å²) in [6.07, 6.45) is 0.0902. The SMILES string of the molecule is Cc1cc(CN(C)C(=O)CC2C(=O)NCCN2Cc2ccc(F)cc2)n[nH]1. The van der Waals surface area contributed by atoms with Crippen molar-refractivity contribution in [3.63, 3.8) is 0 Å².